The molecular weight excluding hydrogens is 579 g/mol. The number of nitrogens with one attached hydrogen (secondary N) is 2. The third-order valence-corrected chi connectivity index (χ3v) is 7.16. The number of carbonyl (C=O) groups is 2. The third kappa shape index (κ3) is 4.72. The van der Waals surface area contributed by atoms with Crippen LogP contribution in [0.5, 0.6) is 0 Å². The fourth-order valence-electron chi connectivity index (χ4n) is 3.18. The van der Waals surface area contributed by atoms with Gasteiger partial charge in [0.15, 0.2) is 0 Å². The average molecular weight is 595 g/mol. The molecule has 1 aliphatic heterocycles. The molecule has 33 heavy (non-hydrogen) atoms. The number of hydrogen-bond donors (Lipinski definition) is 2. The standard InChI is InChI=1S/C22H16ClIN4O4S/c1-13-12-14(24)5-10-17(13)28-21(29)19(23)20(22(28)30)26-15-6-8-16(9-7-15)33(31,32)27-18-4-2-3-11-25-18/h2-12,26H,1H3,(H,25,27). The highest BCUT2D eigenvalue weighted by molar-refractivity contribution is 14.1. The van der Waals surface area contributed by atoms with Gasteiger partial charge in [-0.15, -0.1) is 0 Å². The van der Waals surface area contributed by atoms with E-state index in [1.165, 1.54) is 36.5 Å². The van der Waals surface area contributed by atoms with E-state index in [2.05, 4.69) is 37.6 Å². The van der Waals surface area contributed by atoms with Crippen LogP contribution < -0.4 is 14.9 Å². The molecule has 2 aromatic carbocycles. The Balaban J connectivity index is 1.54. The molecule has 3 aromatic rings. The van der Waals surface area contributed by atoms with Crippen LogP contribution in [0.1, 0.15) is 5.56 Å². The largest absolute Gasteiger partial charge is 0.350 e. The molecule has 0 saturated carbocycles. The number of hydrogen-bond acceptors (Lipinski definition) is 6. The molecule has 2 amide bonds. The van der Waals surface area contributed by atoms with Crippen LogP contribution >= 0.6 is 34.2 Å². The fourth-order valence-corrected chi connectivity index (χ4v) is 5.05. The monoisotopic (exact) mass is 594 g/mol. The number of amides is 2. The lowest BCUT2D eigenvalue weighted by atomic mass is 10.2. The maximum absolute atomic E-state index is 13.0. The molecule has 4 rings (SSSR count). The first-order valence-electron chi connectivity index (χ1n) is 9.53. The number of rotatable bonds is 6. The van der Waals surface area contributed by atoms with Gasteiger partial charge in [0, 0.05) is 15.5 Å². The van der Waals surface area contributed by atoms with Crippen molar-refractivity contribution in [3.63, 3.8) is 0 Å². The smallest absolute Gasteiger partial charge is 0.283 e. The van der Waals surface area contributed by atoms with Gasteiger partial charge >= 0.3 is 0 Å². The van der Waals surface area contributed by atoms with Crippen molar-refractivity contribution in [2.45, 2.75) is 11.8 Å². The van der Waals surface area contributed by atoms with Gasteiger partial charge in [-0.3, -0.25) is 14.3 Å². The number of benzene rings is 2. The van der Waals surface area contributed by atoms with E-state index in [4.69, 9.17) is 11.6 Å². The first-order valence-corrected chi connectivity index (χ1v) is 12.5. The Morgan fingerprint density at radius 1 is 1.00 bits per heavy atom. The molecular formula is C22H16ClIN4O4S. The number of halogens is 2. The van der Waals surface area contributed by atoms with Crippen molar-refractivity contribution < 1.29 is 18.0 Å². The van der Waals surface area contributed by atoms with Gasteiger partial charge in [0.05, 0.1) is 10.6 Å². The summed E-state index contributed by atoms with van der Waals surface area (Å²) in [5.41, 5.74) is 1.51. The second-order valence-corrected chi connectivity index (χ2v) is 10.3. The van der Waals surface area contributed by atoms with E-state index in [9.17, 15) is 18.0 Å². The van der Waals surface area contributed by atoms with Crippen LogP contribution in [-0.2, 0) is 19.6 Å². The summed E-state index contributed by atoms with van der Waals surface area (Å²) in [5.74, 6) is -1.03. The van der Waals surface area contributed by atoms with Gasteiger partial charge in [0.1, 0.15) is 16.5 Å². The molecule has 0 saturated heterocycles. The molecule has 0 radical (unpaired) electrons. The molecule has 0 fully saturated rings. The summed E-state index contributed by atoms with van der Waals surface area (Å²) < 4.78 is 28.5. The molecule has 168 valence electrons. The predicted octanol–water partition coefficient (Wildman–Crippen LogP) is 4.23. The van der Waals surface area contributed by atoms with E-state index < -0.39 is 21.8 Å². The Hall–Kier alpha value is -2.96. The Morgan fingerprint density at radius 3 is 2.36 bits per heavy atom. The number of nitrogens with zero attached hydrogens (tertiary/aromatic N) is 2. The van der Waals surface area contributed by atoms with Crippen molar-refractivity contribution in [3.05, 3.63) is 86.7 Å². The number of anilines is 3. The highest BCUT2D eigenvalue weighted by atomic mass is 127. The Kier molecular flexibility index (Phi) is 6.41. The van der Waals surface area contributed by atoms with Crippen molar-refractivity contribution in [3.8, 4) is 0 Å². The van der Waals surface area contributed by atoms with Crippen LogP contribution in [0.2, 0.25) is 0 Å². The Labute approximate surface area is 208 Å². The van der Waals surface area contributed by atoms with Crippen molar-refractivity contribution in [1.29, 1.82) is 0 Å². The van der Waals surface area contributed by atoms with E-state index in [1.807, 2.05) is 6.07 Å². The van der Waals surface area contributed by atoms with Crippen LogP contribution in [0.3, 0.4) is 0 Å². The summed E-state index contributed by atoms with van der Waals surface area (Å²) in [7, 11) is -3.85. The number of aromatic nitrogens is 1. The highest BCUT2D eigenvalue weighted by Crippen LogP contribution is 2.32. The minimum Gasteiger partial charge on any atom is -0.350 e. The van der Waals surface area contributed by atoms with E-state index in [0.717, 1.165) is 14.0 Å². The molecule has 1 aliphatic rings. The minimum absolute atomic E-state index is 0.00347. The van der Waals surface area contributed by atoms with Crippen molar-refractivity contribution in [1.82, 2.24) is 4.98 Å². The summed E-state index contributed by atoms with van der Waals surface area (Å²) >= 11 is 8.33. The van der Waals surface area contributed by atoms with E-state index >= 15 is 0 Å². The summed E-state index contributed by atoms with van der Waals surface area (Å²) in [4.78, 5) is 30.6. The molecule has 2 N–H and O–H groups in total. The van der Waals surface area contributed by atoms with E-state index in [-0.39, 0.29) is 21.4 Å². The third-order valence-electron chi connectivity index (χ3n) is 4.76. The second kappa shape index (κ2) is 9.12. The SMILES string of the molecule is Cc1cc(I)ccc1N1C(=O)C(Cl)=C(Nc2ccc(S(=O)(=O)Nc3ccccn3)cc2)C1=O. The van der Waals surface area contributed by atoms with Gasteiger partial charge in [-0.05, 0) is 89.7 Å². The van der Waals surface area contributed by atoms with Gasteiger partial charge in [-0.1, -0.05) is 17.7 Å². The topological polar surface area (TPSA) is 108 Å². The fraction of sp³-hybridized carbons (Fsp3) is 0.0455. The molecule has 2 heterocycles. The van der Waals surface area contributed by atoms with Crippen molar-refractivity contribution in [2.75, 3.05) is 14.9 Å². The minimum atomic E-state index is -3.85. The molecule has 11 heteroatoms. The molecule has 1 aromatic heterocycles. The Morgan fingerprint density at radius 2 is 1.73 bits per heavy atom. The molecule has 8 nitrogen and oxygen atoms in total. The number of imide groups is 1. The zero-order valence-corrected chi connectivity index (χ0v) is 20.8. The average Bonchev–Trinajstić information content (AvgIpc) is 2.98. The molecule has 0 spiro atoms. The van der Waals surface area contributed by atoms with Crippen molar-refractivity contribution in [2.24, 2.45) is 0 Å². The van der Waals surface area contributed by atoms with Crippen molar-refractivity contribution >= 4 is 73.2 Å². The molecule has 0 aliphatic carbocycles. The van der Waals surface area contributed by atoms with Crippen LogP contribution in [0, 0.1) is 10.5 Å². The predicted molar refractivity (Wildman–Crippen MR) is 134 cm³/mol. The molecule has 0 bridgehead atoms. The van der Waals surface area contributed by atoms with Gasteiger partial charge in [0.25, 0.3) is 21.8 Å². The van der Waals surface area contributed by atoms with Crippen LogP contribution in [0.15, 0.2) is 82.5 Å². The summed E-state index contributed by atoms with van der Waals surface area (Å²) in [6.45, 7) is 1.80. The number of pyridine rings is 1. The number of sulfonamides is 1. The molecule has 0 atom stereocenters. The second-order valence-electron chi connectivity index (χ2n) is 7.04. The van der Waals surface area contributed by atoms with Gasteiger partial charge in [-0.2, -0.15) is 0 Å². The van der Waals surface area contributed by atoms with E-state index in [0.29, 0.717) is 11.4 Å². The maximum atomic E-state index is 13.0. The zero-order valence-electron chi connectivity index (χ0n) is 17.0. The highest BCUT2D eigenvalue weighted by Gasteiger charge is 2.39. The summed E-state index contributed by atoms with van der Waals surface area (Å²) in [6, 6.07) is 15.9. The number of carbonyl (C=O) groups excluding carboxylic acids is 2. The van der Waals surface area contributed by atoms with Crippen LogP contribution in [-0.4, -0.2) is 25.2 Å². The lowest BCUT2D eigenvalue weighted by Gasteiger charge is -2.17. The normalized spacial score (nSPS) is 14.1. The Bertz CT molecular complexity index is 1390. The summed E-state index contributed by atoms with van der Waals surface area (Å²) in [6.07, 6.45) is 1.48. The van der Waals surface area contributed by atoms with Gasteiger partial charge in [0.2, 0.25) is 0 Å². The van der Waals surface area contributed by atoms with E-state index in [1.54, 1.807) is 31.2 Å². The van der Waals surface area contributed by atoms with Gasteiger partial charge < -0.3 is 5.32 Å². The number of aryl methyl sites for hydroxylation is 1. The first kappa shape index (κ1) is 23.2. The summed E-state index contributed by atoms with van der Waals surface area (Å²) in [5, 5.41) is 2.59. The zero-order chi connectivity index (χ0) is 23.8. The maximum Gasteiger partial charge on any atom is 0.283 e. The quantitative estimate of drug-likeness (QED) is 0.327. The van der Waals surface area contributed by atoms with Crippen LogP contribution in [0.25, 0.3) is 0 Å². The lowest BCUT2D eigenvalue weighted by Crippen LogP contribution is -2.32. The van der Waals surface area contributed by atoms with Crippen LogP contribution in [0.4, 0.5) is 17.2 Å². The van der Waals surface area contributed by atoms with Gasteiger partial charge in [-0.25, -0.2) is 18.3 Å². The first-order chi connectivity index (χ1) is 15.7. The molecule has 0 unspecified atom stereocenters. The lowest BCUT2D eigenvalue weighted by molar-refractivity contribution is -0.120.